The monoisotopic (exact) mass is 443 g/mol. The van der Waals surface area contributed by atoms with Gasteiger partial charge in [0.25, 0.3) is 5.91 Å². The van der Waals surface area contributed by atoms with Crippen molar-refractivity contribution in [2.45, 2.75) is 17.1 Å². The van der Waals surface area contributed by atoms with Crippen LogP contribution in [0, 0.1) is 0 Å². The van der Waals surface area contributed by atoms with Crippen LogP contribution in [-0.2, 0) is 21.0 Å². The van der Waals surface area contributed by atoms with Gasteiger partial charge in [-0.2, -0.15) is 17.5 Å². The fraction of sp³-hybridized carbons (Fsp3) is 0.316. The van der Waals surface area contributed by atoms with Crippen LogP contribution < -0.4 is 5.48 Å². The van der Waals surface area contributed by atoms with Crippen molar-refractivity contribution in [2.75, 3.05) is 26.2 Å². The third kappa shape index (κ3) is 4.64. The first-order chi connectivity index (χ1) is 14.1. The lowest BCUT2D eigenvalue weighted by atomic mass is 10.0. The number of rotatable bonds is 5. The number of benzene rings is 2. The zero-order valence-corrected chi connectivity index (χ0v) is 16.5. The highest BCUT2D eigenvalue weighted by molar-refractivity contribution is 7.89. The molecule has 1 unspecified atom stereocenters. The number of alkyl halides is 3. The molecule has 2 N–H and O–H groups in total. The Morgan fingerprint density at radius 3 is 2.20 bits per heavy atom. The van der Waals surface area contributed by atoms with E-state index >= 15 is 0 Å². The standard InChI is InChI=1S/C19H20F3N3O4S/c20-19(21,22)15-7-4-8-16(13-15)30(28,29)25-11-9-24(10-12-25)17(18(26)23-27)14-5-2-1-3-6-14/h1-8,13,17,27H,9-12H2,(H,23,26). The minimum absolute atomic E-state index is 0.0133. The van der Waals surface area contributed by atoms with E-state index in [-0.39, 0.29) is 26.2 Å². The molecule has 0 spiro atoms. The zero-order valence-electron chi connectivity index (χ0n) is 15.7. The summed E-state index contributed by atoms with van der Waals surface area (Å²) in [4.78, 5) is 13.5. The second kappa shape index (κ2) is 8.72. The Balaban J connectivity index is 1.78. The van der Waals surface area contributed by atoms with Gasteiger partial charge in [0.2, 0.25) is 10.0 Å². The Kier molecular flexibility index (Phi) is 6.46. The zero-order chi connectivity index (χ0) is 21.9. The highest BCUT2D eigenvalue weighted by Crippen LogP contribution is 2.31. The first kappa shape index (κ1) is 22.2. The second-order valence-electron chi connectivity index (χ2n) is 6.75. The van der Waals surface area contributed by atoms with Crippen LogP contribution in [0.5, 0.6) is 0 Å². The quantitative estimate of drug-likeness (QED) is 0.547. The SMILES string of the molecule is O=C(NO)C(c1ccccc1)N1CCN(S(=O)(=O)c2cccc(C(F)(F)F)c2)CC1. The van der Waals surface area contributed by atoms with Crippen LogP contribution in [0.3, 0.4) is 0 Å². The molecule has 1 saturated heterocycles. The van der Waals surface area contributed by atoms with Crippen molar-refractivity contribution in [3.8, 4) is 0 Å². The largest absolute Gasteiger partial charge is 0.416 e. The second-order valence-corrected chi connectivity index (χ2v) is 8.69. The lowest BCUT2D eigenvalue weighted by Gasteiger charge is -2.37. The number of carbonyl (C=O) groups excluding carboxylic acids is 1. The summed E-state index contributed by atoms with van der Waals surface area (Å²) in [5, 5.41) is 9.09. The summed E-state index contributed by atoms with van der Waals surface area (Å²) in [5.41, 5.74) is 1.22. The fourth-order valence-corrected chi connectivity index (χ4v) is 4.88. The summed E-state index contributed by atoms with van der Waals surface area (Å²) in [7, 11) is -4.13. The van der Waals surface area contributed by atoms with Crippen molar-refractivity contribution in [1.82, 2.24) is 14.7 Å². The van der Waals surface area contributed by atoms with E-state index in [9.17, 15) is 26.4 Å². The minimum atomic E-state index is -4.65. The number of carbonyl (C=O) groups is 1. The number of amides is 1. The van der Waals surface area contributed by atoms with Crippen molar-refractivity contribution < 1.29 is 31.6 Å². The Bertz CT molecular complexity index is 992. The van der Waals surface area contributed by atoms with E-state index in [1.54, 1.807) is 40.7 Å². The highest BCUT2D eigenvalue weighted by Gasteiger charge is 2.36. The van der Waals surface area contributed by atoms with Gasteiger partial charge in [0, 0.05) is 26.2 Å². The number of hydrogen-bond acceptors (Lipinski definition) is 5. The van der Waals surface area contributed by atoms with Crippen molar-refractivity contribution in [1.29, 1.82) is 0 Å². The third-order valence-electron chi connectivity index (χ3n) is 4.91. The van der Waals surface area contributed by atoms with Gasteiger partial charge in [-0.15, -0.1) is 0 Å². The Morgan fingerprint density at radius 1 is 1.00 bits per heavy atom. The van der Waals surface area contributed by atoms with E-state index in [4.69, 9.17) is 5.21 Å². The van der Waals surface area contributed by atoms with E-state index in [1.807, 2.05) is 0 Å². The highest BCUT2D eigenvalue weighted by atomic mass is 32.2. The molecule has 2 aromatic carbocycles. The molecule has 162 valence electrons. The summed E-state index contributed by atoms with van der Waals surface area (Å²) in [5.74, 6) is -0.657. The first-order valence-electron chi connectivity index (χ1n) is 9.05. The summed E-state index contributed by atoms with van der Waals surface area (Å²) in [6.45, 7) is 0.289. The average molecular weight is 443 g/mol. The van der Waals surface area contributed by atoms with Crippen molar-refractivity contribution in [3.05, 3.63) is 65.7 Å². The van der Waals surface area contributed by atoms with Crippen LogP contribution >= 0.6 is 0 Å². The molecule has 30 heavy (non-hydrogen) atoms. The van der Waals surface area contributed by atoms with Gasteiger partial charge < -0.3 is 0 Å². The Morgan fingerprint density at radius 2 is 1.63 bits per heavy atom. The van der Waals surface area contributed by atoms with E-state index < -0.39 is 38.6 Å². The van der Waals surface area contributed by atoms with Gasteiger partial charge >= 0.3 is 6.18 Å². The van der Waals surface area contributed by atoms with Crippen LogP contribution in [0.2, 0.25) is 0 Å². The number of nitrogens with zero attached hydrogens (tertiary/aromatic N) is 2. The Labute approximate surface area is 171 Å². The number of halogens is 3. The molecule has 1 atom stereocenters. The molecule has 0 radical (unpaired) electrons. The predicted molar refractivity (Wildman–Crippen MR) is 101 cm³/mol. The predicted octanol–water partition coefficient (Wildman–Crippen LogP) is 2.26. The van der Waals surface area contributed by atoms with Gasteiger partial charge in [-0.25, -0.2) is 13.9 Å². The third-order valence-corrected chi connectivity index (χ3v) is 6.81. The van der Waals surface area contributed by atoms with Crippen LogP contribution in [0.15, 0.2) is 59.5 Å². The molecule has 0 saturated carbocycles. The molecular formula is C19H20F3N3O4S. The van der Waals surface area contributed by atoms with Crippen LogP contribution in [0.25, 0.3) is 0 Å². The lowest BCUT2D eigenvalue weighted by molar-refractivity contribution is -0.137. The number of piperazine rings is 1. The Hall–Kier alpha value is -2.47. The molecule has 7 nitrogen and oxygen atoms in total. The summed E-state index contributed by atoms with van der Waals surface area (Å²) >= 11 is 0. The van der Waals surface area contributed by atoms with Crippen molar-refractivity contribution in [2.24, 2.45) is 0 Å². The average Bonchev–Trinajstić information content (AvgIpc) is 2.74. The summed E-state index contributed by atoms with van der Waals surface area (Å²) in [6, 6.07) is 11.5. The lowest BCUT2D eigenvalue weighted by Crippen LogP contribution is -2.52. The molecule has 3 rings (SSSR count). The van der Waals surface area contributed by atoms with Gasteiger partial charge in [-0.3, -0.25) is 14.9 Å². The molecule has 0 aliphatic carbocycles. The van der Waals surface area contributed by atoms with E-state index in [0.29, 0.717) is 11.6 Å². The molecule has 1 amide bonds. The number of hydrogen-bond donors (Lipinski definition) is 2. The molecule has 0 bridgehead atoms. The maximum absolute atomic E-state index is 12.9. The first-order valence-corrected chi connectivity index (χ1v) is 10.5. The van der Waals surface area contributed by atoms with Gasteiger partial charge in [-0.05, 0) is 23.8 Å². The van der Waals surface area contributed by atoms with Gasteiger partial charge in [0.15, 0.2) is 0 Å². The topological polar surface area (TPSA) is 89.9 Å². The molecule has 1 fully saturated rings. The molecule has 0 aromatic heterocycles. The molecule has 1 heterocycles. The van der Waals surface area contributed by atoms with E-state index in [1.165, 1.54) is 0 Å². The molecule has 1 aliphatic rings. The molecule has 1 aliphatic heterocycles. The van der Waals surface area contributed by atoms with Crippen LogP contribution in [-0.4, -0.2) is 54.9 Å². The number of nitrogens with one attached hydrogen (secondary N) is 1. The molecule has 2 aromatic rings. The van der Waals surface area contributed by atoms with Crippen molar-refractivity contribution >= 4 is 15.9 Å². The fourth-order valence-electron chi connectivity index (χ4n) is 3.41. The van der Waals surface area contributed by atoms with Crippen molar-refractivity contribution in [3.63, 3.8) is 0 Å². The van der Waals surface area contributed by atoms with E-state index in [2.05, 4.69) is 0 Å². The molecular weight excluding hydrogens is 423 g/mol. The molecule has 11 heteroatoms. The van der Waals surface area contributed by atoms with Gasteiger partial charge in [0.05, 0.1) is 10.5 Å². The van der Waals surface area contributed by atoms with E-state index in [0.717, 1.165) is 22.5 Å². The van der Waals surface area contributed by atoms with Crippen LogP contribution in [0.1, 0.15) is 17.2 Å². The van der Waals surface area contributed by atoms with Gasteiger partial charge in [-0.1, -0.05) is 36.4 Å². The maximum Gasteiger partial charge on any atom is 0.416 e. The summed E-state index contributed by atoms with van der Waals surface area (Å²) < 4.78 is 65.5. The number of sulfonamides is 1. The normalized spacial score (nSPS) is 17.5. The smallest absolute Gasteiger partial charge is 0.289 e. The summed E-state index contributed by atoms with van der Waals surface area (Å²) in [6.07, 6.45) is -4.65. The van der Waals surface area contributed by atoms with Gasteiger partial charge in [0.1, 0.15) is 6.04 Å². The maximum atomic E-state index is 12.9. The minimum Gasteiger partial charge on any atom is -0.289 e. The number of hydroxylamine groups is 1. The van der Waals surface area contributed by atoms with Crippen LogP contribution in [0.4, 0.5) is 13.2 Å².